The zero-order chi connectivity index (χ0) is 15.9. The van der Waals surface area contributed by atoms with E-state index in [1.807, 2.05) is 19.1 Å². The first kappa shape index (κ1) is 17.2. The topological polar surface area (TPSA) is 17.1 Å². The smallest absolute Gasteiger partial charge is 0.143 e. The van der Waals surface area contributed by atoms with Crippen LogP contribution in [-0.4, -0.2) is 6.29 Å². The van der Waals surface area contributed by atoms with Crippen LogP contribution in [0.1, 0.15) is 41.0 Å². The van der Waals surface area contributed by atoms with Gasteiger partial charge in [-0.2, -0.15) is 0 Å². The first-order valence-corrected chi connectivity index (χ1v) is 7.40. The normalized spacial score (nSPS) is 19.9. The first-order valence-electron chi connectivity index (χ1n) is 7.40. The molecule has 0 fully saturated rings. The molecule has 1 aliphatic carbocycles. The molecule has 0 aromatic rings. The molecule has 0 radical (unpaired) electrons. The van der Waals surface area contributed by atoms with Crippen molar-refractivity contribution in [3.8, 4) is 0 Å². The number of rotatable bonds is 5. The molecule has 0 unspecified atom stereocenters. The van der Waals surface area contributed by atoms with Gasteiger partial charge in [-0.25, -0.2) is 0 Å². The number of allylic oxidation sites excluding steroid dienone is 12. The Kier molecular flexibility index (Phi) is 6.36. The van der Waals surface area contributed by atoms with Crippen molar-refractivity contribution < 1.29 is 4.79 Å². The van der Waals surface area contributed by atoms with Crippen molar-refractivity contribution in [3.63, 3.8) is 0 Å². The number of hydrogen-bond acceptors (Lipinski definition) is 1. The highest BCUT2D eigenvalue weighted by atomic mass is 16.1. The zero-order valence-corrected chi connectivity index (χ0v) is 13.8. The maximum absolute atomic E-state index is 10.3. The summed E-state index contributed by atoms with van der Waals surface area (Å²) in [4.78, 5) is 10.3. The van der Waals surface area contributed by atoms with Crippen LogP contribution in [-0.2, 0) is 4.79 Å². The summed E-state index contributed by atoms with van der Waals surface area (Å²) in [6.07, 6.45) is 18.3. The molecule has 0 bridgehead atoms. The van der Waals surface area contributed by atoms with Crippen molar-refractivity contribution in [3.05, 3.63) is 70.9 Å². The van der Waals surface area contributed by atoms with E-state index in [1.165, 1.54) is 16.7 Å². The molecule has 0 saturated carbocycles. The Balaban J connectivity index is 2.82. The highest BCUT2D eigenvalue weighted by Gasteiger charge is 2.23. The van der Waals surface area contributed by atoms with Gasteiger partial charge < -0.3 is 0 Å². The van der Waals surface area contributed by atoms with Gasteiger partial charge in [-0.05, 0) is 55.4 Å². The van der Waals surface area contributed by atoms with Crippen molar-refractivity contribution in [1.29, 1.82) is 0 Å². The summed E-state index contributed by atoms with van der Waals surface area (Å²) in [5, 5.41) is 0. The van der Waals surface area contributed by atoms with Crippen molar-refractivity contribution in [2.24, 2.45) is 5.41 Å². The lowest BCUT2D eigenvalue weighted by Crippen LogP contribution is -2.16. The lowest BCUT2D eigenvalue weighted by atomic mass is 9.75. The molecule has 21 heavy (non-hydrogen) atoms. The predicted molar refractivity (Wildman–Crippen MR) is 92.1 cm³/mol. The highest BCUT2D eigenvalue weighted by molar-refractivity contribution is 5.66. The summed E-state index contributed by atoms with van der Waals surface area (Å²) in [5.41, 5.74) is 5.09. The molecule has 0 aromatic carbocycles. The third-order valence-corrected chi connectivity index (χ3v) is 3.71. The van der Waals surface area contributed by atoms with Crippen LogP contribution in [0.4, 0.5) is 0 Å². The van der Waals surface area contributed by atoms with E-state index in [4.69, 9.17) is 0 Å². The summed E-state index contributed by atoms with van der Waals surface area (Å²) in [6.45, 7) is 10.7. The first-order chi connectivity index (χ1) is 9.86. The minimum absolute atomic E-state index is 0.203. The average molecular weight is 282 g/mol. The minimum atomic E-state index is 0.203. The molecule has 1 aliphatic rings. The van der Waals surface area contributed by atoms with Gasteiger partial charge in [0.05, 0.1) is 0 Å². The molecule has 0 N–H and O–H groups in total. The third-order valence-electron chi connectivity index (χ3n) is 3.71. The van der Waals surface area contributed by atoms with E-state index in [9.17, 15) is 4.79 Å². The molecule has 0 aromatic heterocycles. The van der Waals surface area contributed by atoms with Crippen LogP contribution in [0.2, 0.25) is 0 Å². The summed E-state index contributed by atoms with van der Waals surface area (Å²) < 4.78 is 0. The second kappa shape index (κ2) is 7.78. The summed E-state index contributed by atoms with van der Waals surface area (Å²) >= 11 is 0. The molecule has 112 valence electrons. The van der Waals surface area contributed by atoms with E-state index < -0.39 is 0 Å². The molecular formula is C20H26O. The molecule has 0 saturated heterocycles. The largest absolute Gasteiger partial charge is 0.299 e. The minimum Gasteiger partial charge on any atom is -0.299 e. The van der Waals surface area contributed by atoms with Gasteiger partial charge in [-0.1, -0.05) is 62.0 Å². The van der Waals surface area contributed by atoms with Gasteiger partial charge in [0.1, 0.15) is 6.29 Å². The maximum Gasteiger partial charge on any atom is 0.143 e. The Hall–Kier alpha value is -1.89. The van der Waals surface area contributed by atoms with Crippen LogP contribution in [0, 0.1) is 5.41 Å². The van der Waals surface area contributed by atoms with Crippen LogP contribution in [0.25, 0.3) is 0 Å². The molecule has 1 rings (SSSR count). The third kappa shape index (κ3) is 5.55. The van der Waals surface area contributed by atoms with Crippen LogP contribution in [0.5, 0.6) is 0 Å². The molecule has 1 nitrogen and oxygen atoms in total. The van der Waals surface area contributed by atoms with Gasteiger partial charge in [0.2, 0.25) is 0 Å². The number of carbonyl (C=O) groups is 1. The fraction of sp³-hybridized carbons (Fsp3) is 0.350. The van der Waals surface area contributed by atoms with Gasteiger partial charge in [-0.3, -0.25) is 4.79 Å². The quantitative estimate of drug-likeness (QED) is 0.370. The van der Waals surface area contributed by atoms with E-state index in [0.717, 1.165) is 18.3 Å². The van der Waals surface area contributed by atoms with Gasteiger partial charge in [0.15, 0.2) is 0 Å². The number of carbonyl (C=O) groups excluding carboxylic acids is 1. The Labute approximate surface area is 129 Å². The van der Waals surface area contributed by atoms with Crippen molar-refractivity contribution in [1.82, 2.24) is 0 Å². The second-order valence-electron chi connectivity index (χ2n) is 6.24. The van der Waals surface area contributed by atoms with Crippen LogP contribution in [0.3, 0.4) is 0 Å². The Morgan fingerprint density at radius 1 is 1.14 bits per heavy atom. The van der Waals surface area contributed by atoms with E-state index in [1.54, 1.807) is 6.08 Å². The summed E-state index contributed by atoms with van der Waals surface area (Å²) in [6, 6.07) is 0. The van der Waals surface area contributed by atoms with Crippen molar-refractivity contribution in [2.75, 3.05) is 0 Å². The molecule has 0 spiro atoms. The molecular weight excluding hydrogens is 256 g/mol. The SMILES string of the molecule is CC1=C(/C=C/C(C)=C/C=C\C(C)=C/C=O)C(C)(C)CC=C1. The van der Waals surface area contributed by atoms with E-state index >= 15 is 0 Å². The number of aldehydes is 1. The second-order valence-corrected chi connectivity index (χ2v) is 6.24. The lowest BCUT2D eigenvalue weighted by Gasteiger charge is -2.29. The Morgan fingerprint density at radius 3 is 2.43 bits per heavy atom. The van der Waals surface area contributed by atoms with Gasteiger partial charge in [0.25, 0.3) is 0 Å². The predicted octanol–water partition coefficient (Wildman–Crippen LogP) is 5.49. The maximum atomic E-state index is 10.3. The number of hydrogen-bond donors (Lipinski definition) is 0. The highest BCUT2D eigenvalue weighted by Crippen LogP contribution is 2.37. The van der Waals surface area contributed by atoms with Crippen molar-refractivity contribution >= 4 is 6.29 Å². The van der Waals surface area contributed by atoms with Crippen molar-refractivity contribution in [2.45, 2.75) is 41.0 Å². The Bertz CT molecular complexity index is 561. The van der Waals surface area contributed by atoms with E-state index in [2.05, 4.69) is 58.1 Å². The molecule has 0 heterocycles. The lowest BCUT2D eigenvalue weighted by molar-refractivity contribution is -0.104. The standard InChI is InChI=1S/C20H26O/c1-16(8-6-9-17(2)13-15-21)11-12-19-18(3)10-7-14-20(19,4)5/h6-13,15H,14H2,1-5H3/b9-6-,12-11+,16-8+,17-13-. The molecule has 0 aliphatic heterocycles. The van der Waals surface area contributed by atoms with Gasteiger partial charge in [-0.15, -0.1) is 0 Å². The Morgan fingerprint density at radius 2 is 1.81 bits per heavy atom. The van der Waals surface area contributed by atoms with E-state index in [-0.39, 0.29) is 5.41 Å². The van der Waals surface area contributed by atoms with E-state index in [0.29, 0.717) is 0 Å². The molecule has 0 amide bonds. The zero-order valence-electron chi connectivity index (χ0n) is 13.8. The van der Waals surface area contributed by atoms with Crippen LogP contribution >= 0.6 is 0 Å². The molecule has 0 atom stereocenters. The fourth-order valence-corrected chi connectivity index (χ4v) is 2.41. The fourth-order valence-electron chi connectivity index (χ4n) is 2.41. The molecule has 1 heteroatoms. The van der Waals surface area contributed by atoms with Crippen LogP contribution < -0.4 is 0 Å². The monoisotopic (exact) mass is 282 g/mol. The average Bonchev–Trinajstić information content (AvgIpc) is 2.37. The van der Waals surface area contributed by atoms with Gasteiger partial charge in [0, 0.05) is 0 Å². The van der Waals surface area contributed by atoms with Gasteiger partial charge >= 0.3 is 0 Å². The summed E-state index contributed by atoms with van der Waals surface area (Å²) in [7, 11) is 0. The van der Waals surface area contributed by atoms with Crippen LogP contribution in [0.15, 0.2) is 70.9 Å². The summed E-state index contributed by atoms with van der Waals surface area (Å²) in [5.74, 6) is 0.